The lowest BCUT2D eigenvalue weighted by Crippen LogP contribution is -2.27. The molecule has 19 heavy (non-hydrogen) atoms. The van der Waals surface area contributed by atoms with Crippen LogP contribution in [-0.2, 0) is 6.54 Å². The van der Waals surface area contributed by atoms with E-state index in [4.69, 9.17) is 11.6 Å². The highest BCUT2D eigenvalue weighted by atomic mass is 35.5. The van der Waals surface area contributed by atoms with Crippen LogP contribution >= 0.6 is 11.6 Å². The van der Waals surface area contributed by atoms with Gasteiger partial charge in [-0.3, -0.25) is 0 Å². The van der Waals surface area contributed by atoms with Crippen molar-refractivity contribution >= 4 is 11.6 Å². The van der Waals surface area contributed by atoms with Crippen molar-refractivity contribution in [2.24, 2.45) is 0 Å². The van der Waals surface area contributed by atoms with Crippen molar-refractivity contribution in [1.82, 2.24) is 14.9 Å². The van der Waals surface area contributed by atoms with Crippen molar-refractivity contribution in [1.29, 1.82) is 0 Å². The van der Waals surface area contributed by atoms with E-state index in [2.05, 4.69) is 20.9 Å². The summed E-state index contributed by atoms with van der Waals surface area (Å²) in [4.78, 5) is 4.32. The molecule has 1 fully saturated rings. The highest BCUT2D eigenvalue weighted by Crippen LogP contribution is 2.26. The molecule has 0 aliphatic carbocycles. The molecule has 1 N–H and O–H groups in total. The SMILES string of the molecule is Clc1ccccc1Cn1cncc1C1CCNCC1. The van der Waals surface area contributed by atoms with E-state index < -0.39 is 0 Å². The minimum Gasteiger partial charge on any atom is -0.330 e. The molecule has 0 radical (unpaired) electrons. The standard InChI is InChI=1S/C15H18ClN3/c16-14-4-2-1-3-13(14)10-19-11-18-9-15(19)12-5-7-17-8-6-12/h1-4,9,11-12,17H,5-8,10H2. The number of imidazole rings is 1. The Hall–Kier alpha value is -1.32. The quantitative estimate of drug-likeness (QED) is 0.933. The molecule has 0 bridgehead atoms. The zero-order valence-electron chi connectivity index (χ0n) is 10.8. The number of hydrogen-bond acceptors (Lipinski definition) is 2. The van der Waals surface area contributed by atoms with Gasteiger partial charge < -0.3 is 9.88 Å². The third kappa shape index (κ3) is 2.82. The highest BCUT2D eigenvalue weighted by Gasteiger charge is 2.18. The zero-order chi connectivity index (χ0) is 13.1. The van der Waals surface area contributed by atoms with Crippen molar-refractivity contribution < 1.29 is 0 Å². The third-order valence-electron chi connectivity index (χ3n) is 3.80. The second-order valence-corrected chi connectivity index (χ2v) is 5.47. The average molecular weight is 276 g/mol. The topological polar surface area (TPSA) is 29.9 Å². The van der Waals surface area contributed by atoms with Gasteiger partial charge in [0.05, 0.1) is 12.9 Å². The van der Waals surface area contributed by atoms with E-state index in [-0.39, 0.29) is 0 Å². The summed E-state index contributed by atoms with van der Waals surface area (Å²) in [6, 6.07) is 8.02. The van der Waals surface area contributed by atoms with Gasteiger partial charge in [-0.05, 0) is 37.6 Å². The van der Waals surface area contributed by atoms with Crippen molar-refractivity contribution in [3.05, 3.63) is 53.1 Å². The van der Waals surface area contributed by atoms with Crippen LogP contribution in [0.25, 0.3) is 0 Å². The molecule has 2 aromatic rings. The molecule has 0 unspecified atom stereocenters. The summed E-state index contributed by atoms with van der Waals surface area (Å²) in [5.74, 6) is 0.617. The van der Waals surface area contributed by atoms with Gasteiger partial charge in [0, 0.05) is 22.8 Å². The largest absolute Gasteiger partial charge is 0.330 e. The Kier molecular flexibility index (Phi) is 3.85. The summed E-state index contributed by atoms with van der Waals surface area (Å²) in [7, 11) is 0. The minimum atomic E-state index is 0.617. The molecule has 4 heteroatoms. The molecule has 1 aliphatic rings. The third-order valence-corrected chi connectivity index (χ3v) is 4.17. The van der Waals surface area contributed by atoms with E-state index in [1.807, 2.05) is 30.7 Å². The molecule has 0 amide bonds. The first-order valence-corrected chi connectivity index (χ1v) is 7.16. The maximum atomic E-state index is 6.24. The molecular weight excluding hydrogens is 258 g/mol. The van der Waals surface area contributed by atoms with Gasteiger partial charge in [-0.15, -0.1) is 0 Å². The van der Waals surface area contributed by atoms with E-state index in [0.717, 1.165) is 30.2 Å². The van der Waals surface area contributed by atoms with Crippen LogP contribution in [0.4, 0.5) is 0 Å². The second-order valence-electron chi connectivity index (χ2n) is 5.06. The van der Waals surface area contributed by atoms with Crippen LogP contribution in [0.2, 0.25) is 5.02 Å². The van der Waals surface area contributed by atoms with Gasteiger partial charge in [0.2, 0.25) is 0 Å². The summed E-state index contributed by atoms with van der Waals surface area (Å²) in [5.41, 5.74) is 2.48. The van der Waals surface area contributed by atoms with Crippen LogP contribution in [0.15, 0.2) is 36.8 Å². The molecule has 1 aliphatic heterocycles. The number of rotatable bonds is 3. The molecule has 0 atom stereocenters. The van der Waals surface area contributed by atoms with Gasteiger partial charge in [0.1, 0.15) is 0 Å². The Labute approximate surface area is 118 Å². The molecule has 0 saturated carbocycles. The second kappa shape index (κ2) is 5.76. The van der Waals surface area contributed by atoms with E-state index in [1.54, 1.807) is 0 Å². The summed E-state index contributed by atoms with van der Waals surface area (Å²) in [6.45, 7) is 3.00. The van der Waals surface area contributed by atoms with Crippen molar-refractivity contribution in [2.75, 3.05) is 13.1 Å². The van der Waals surface area contributed by atoms with Gasteiger partial charge >= 0.3 is 0 Å². The molecule has 2 heterocycles. The van der Waals surface area contributed by atoms with Crippen LogP contribution in [-0.4, -0.2) is 22.6 Å². The number of piperidine rings is 1. The predicted octanol–water partition coefficient (Wildman–Crippen LogP) is 3.05. The van der Waals surface area contributed by atoms with Gasteiger partial charge in [0.15, 0.2) is 0 Å². The number of nitrogens with zero attached hydrogens (tertiary/aromatic N) is 2. The van der Waals surface area contributed by atoms with E-state index in [1.165, 1.54) is 18.5 Å². The fourth-order valence-corrected chi connectivity index (χ4v) is 2.93. The number of hydrogen-bond donors (Lipinski definition) is 1. The first kappa shape index (κ1) is 12.7. The van der Waals surface area contributed by atoms with E-state index in [0.29, 0.717) is 5.92 Å². The van der Waals surface area contributed by atoms with E-state index in [9.17, 15) is 0 Å². The Morgan fingerprint density at radius 3 is 2.84 bits per heavy atom. The molecule has 3 rings (SSSR count). The monoisotopic (exact) mass is 275 g/mol. The first-order valence-electron chi connectivity index (χ1n) is 6.79. The summed E-state index contributed by atoms with van der Waals surface area (Å²) in [5, 5.41) is 4.23. The summed E-state index contributed by atoms with van der Waals surface area (Å²) in [6.07, 6.45) is 6.30. The van der Waals surface area contributed by atoms with Gasteiger partial charge in [-0.25, -0.2) is 4.98 Å². The molecule has 3 nitrogen and oxygen atoms in total. The van der Waals surface area contributed by atoms with Crippen molar-refractivity contribution in [3.63, 3.8) is 0 Å². The molecule has 1 aromatic carbocycles. The van der Waals surface area contributed by atoms with Gasteiger partial charge in [-0.2, -0.15) is 0 Å². The molecule has 100 valence electrons. The van der Waals surface area contributed by atoms with Crippen LogP contribution in [0, 0.1) is 0 Å². The molecule has 0 spiro atoms. The van der Waals surface area contributed by atoms with Crippen LogP contribution < -0.4 is 5.32 Å². The Bertz CT molecular complexity index is 544. The van der Waals surface area contributed by atoms with Crippen molar-refractivity contribution in [3.8, 4) is 0 Å². The molecule has 1 aromatic heterocycles. The van der Waals surface area contributed by atoms with Crippen LogP contribution in [0.5, 0.6) is 0 Å². The molecular formula is C15H18ClN3. The number of benzene rings is 1. The van der Waals surface area contributed by atoms with E-state index >= 15 is 0 Å². The number of nitrogens with one attached hydrogen (secondary N) is 1. The van der Waals surface area contributed by atoms with Crippen LogP contribution in [0.1, 0.15) is 30.0 Å². The Morgan fingerprint density at radius 2 is 2.05 bits per heavy atom. The van der Waals surface area contributed by atoms with Crippen molar-refractivity contribution in [2.45, 2.75) is 25.3 Å². The lowest BCUT2D eigenvalue weighted by molar-refractivity contribution is 0.442. The van der Waals surface area contributed by atoms with Gasteiger partial charge in [0.25, 0.3) is 0 Å². The maximum Gasteiger partial charge on any atom is 0.0951 e. The number of halogens is 1. The lowest BCUT2D eigenvalue weighted by Gasteiger charge is -2.23. The maximum absolute atomic E-state index is 6.24. The average Bonchev–Trinajstić information content (AvgIpc) is 2.91. The van der Waals surface area contributed by atoms with Gasteiger partial charge in [-0.1, -0.05) is 29.8 Å². The molecule has 1 saturated heterocycles. The summed E-state index contributed by atoms with van der Waals surface area (Å²) >= 11 is 6.24. The van der Waals surface area contributed by atoms with Crippen LogP contribution in [0.3, 0.4) is 0 Å². The first-order chi connectivity index (χ1) is 9.34. The minimum absolute atomic E-state index is 0.617. The fraction of sp³-hybridized carbons (Fsp3) is 0.400. The smallest absolute Gasteiger partial charge is 0.0951 e. The normalized spacial score (nSPS) is 16.7. The lowest BCUT2D eigenvalue weighted by atomic mass is 9.95. The summed E-state index contributed by atoms with van der Waals surface area (Å²) < 4.78 is 2.23. The fourth-order valence-electron chi connectivity index (χ4n) is 2.73. The Morgan fingerprint density at radius 1 is 1.26 bits per heavy atom. The highest BCUT2D eigenvalue weighted by molar-refractivity contribution is 6.31. The Balaban J connectivity index is 1.82. The zero-order valence-corrected chi connectivity index (χ0v) is 11.6. The number of aromatic nitrogens is 2. The predicted molar refractivity (Wildman–Crippen MR) is 77.6 cm³/mol.